The highest BCUT2D eigenvalue weighted by Gasteiger charge is 2.20. The zero-order chi connectivity index (χ0) is 15.3. The lowest BCUT2D eigenvalue weighted by Crippen LogP contribution is -2.36. The molecule has 0 bridgehead atoms. The molecule has 2 rings (SSSR count). The summed E-state index contributed by atoms with van der Waals surface area (Å²) in [5.74, 6) is 0.900. The molecule has 0 aliphatic rings. The van der Waals surface area contributed by atoms with Gasteiger partial charge in [0.1, 0.15) is 12.4 Å². The fraction of sp³-hybridized carbons (Fsp3) is 0.368. The Morgan fingerprint density at radius 1 is 0.952 bits per heavy atom. The molecule has 2 aromatic rings. The Morgan fingerprint density at radius 2 is 1.62 bits per heavy atom. The largest absolute Gasteiger partial charge is 0.489 e. The maximum absolute atomic E-state index is 6.26. The van der Waals surface area contributed by atoms with Crippen molar-refractivity contribution in [3.05, 3.63) is 65.7 Å². The predicted octanol–water partition coefficient (Wildman–Crippen LogP) is 4.18. The van der Waals surface area contributed by atoms with E-state index in [4.69, 9.17) is 10.5 Å². The fourth-order valence-corrected chi connectivity index (χ4v) is 2.06. The minimum Gasteiger partial charge on any atom is -0.489 e. The summed E-state index contributed by atoms with van der Waals surface area (Å²) in [5.41, 5.74) is 8.77. The molecule has 2 heteroatoms. The van der Waals surface area contributed by atoms with Gasteiger partial charge in [-0.3, -0.25) is 0 Å². The number of rotatable bonds is 5. The highest BCUT2D eigenvalue weighted by atomic mass is 16.5. The van der Waals surface area contributed by atoms with Gasteiger partial charge in [-0.15, -0.1) is 0 Å². The van der Waals surface area contributed by atoms with E-state index in [1.165, 1.54) is 11.1 Å². The van der Waals surface area contributed by atoms with E-state index in [1.807, 2.05) is 30.3 Å². The summed E-state index contributed by atoms with van der Waals surface area (Å²) >= 11 is 0. The normalized spacial score (nSPS) is 13.0. The summed E-state index contributed by atoms with van der Waals surface area (Å²) in [7, 11) is 0. The third-order valence-electron chi connectivity index (χ3n) is 3.71. The Kier molecular flexibility index (Phi) is 5.03. The minimum atomic E-state index is 0.112. The van der Waals surface area contributed by atoms with Crippen LogP contribution in [-0.4, -0.2) is 6.04 Å². The van der Waals surface area contributed by atoms with Crippen LogP contribution in [0.25, 0.3) is 0 Å². The topological polar surface area (TPSA) is 35.2 Å². The Morgan fingerprint density at radius 3 is 2.29 bits per heavy atom. The average molecular weight is 283 g/mol. The van der Waals surface area contributed by atoms with Crippen molar-refractivity contribution >= 4 is 0 Å². The molecule has 0 aliphatic carbocycles. The molecule has 0 aromatic heterocycles. The molecule has 1 unspecified atom stereocenters. The maximum atomic E-state index is 6.26. The van der Waals surface area contributed by atoms with Crippen LogP contribution in [0.4, 0.5) is 0 Å². The van der Waals surface area contributed by atoms with Crippen molar-refractivity contribution in [2.45, 2.75) is 39.8 Å². The van der Waals surface area contributed by atoms with E-state index < -0.39 is 0 Å². The molecule has 0 radical (unpaired) electrons. The molecule has 0 aliphatic heterocycles. The first kappa shape index (κ1) is 15.6. The Bertz CT molecular complexity index is 557. The first-order valence-corrected chi connectivity index (χ1v) is 7.46. The molecule has 2 aromatic carbocycles. The van der Waals surface area contributed by atoms with Gasteiger partial charge < -0.3 is 10.5 Å². The number of benzene rings is 2. The molecule has 0 spiro atoms. The van der Waals surface area contributed by atoms with Crippen LogP contribution in [0.15, 0.2) is 54.6 Å². The lowest BCUT2D eigenvalue weighted by molar-refractivity contribution is 0.303. The maximum Gasteiger partial charge on any atom is 0.120 e. The van der Waals surface area contributed by atoms with E-state index in [1.54, 1.807) is 0 Å². The summed E-state index contributed by atoms with van der Waals surface area (Å²) in [6, 6.07) is 18.6. The van der Waals surface area contributed by atoms with Crippen molar-refractivity contribution in [1.82, 2.24) is 0 Å². The van der Waals surface area contributed by atoms with Crippen molar-refractivity contribution in [3.63, 3.8) is 0 Å². The summed E-state index contributed by atoms with van der Waals surface area (Å²) < 4.78 is 5.86. The predicted molar refractivity (Wildman–Crippen MR) is 88.4 cm³/mol. The van der Waals surface area contributed by atoms with Gasteiger partial charge in [0.25, 0.3) is 0 Å². The van der Waals surface area contributed by atoms with Gasteiger partial charge in [-0.1, -0.05) is 63.2 Å². The summed E-state index contributed by atoms with van der Waals surface area (Å²) in [5, 5.41) is 0. The monoisotopic (exact) mass is 283 g/mol. The molecular weight excluding hydrogens is 258 g/mol. The lowest BCUT2D eigenvalue weighted by Gasteiger charge is -2.27. The minimum absolute atomic E-state index is 0.112. The van der Waals surface area contributed by atoms with Gasteiger partial charge in [-0.05, 0) is 35.1 Å². The molecule has 0 amide bonds. The van der Waals surface area contributed by atoms with Gasteiger partial charge in [-0.25, -0.2) is 0 Å². The fourth-order valence-electron chi connectivity index (χ4n) is 2.06. The van der Waals surface area contributed by atoms with E-state index in [-0.39, 0.29) is 11.5 Å². The van der Waals surface area contributed by atoms with Crippen molar-refractivity contribution in [3.8, 4) is 5.75 Å². The van der Waals surface area contributed by atoms with Gasteiger partial charge >= 0.3 is 0 Å². The molecule has 0 heterocycles. The third kappa shape index (κ3) is 4.91. The quantitative estimate of drug-likeness (QED) is 0.893. The van der Waals surface area contributed by atoms with Crippen LogP contribution in [-0.2, 0) is 13.0 Å². The first-order chi connectivity index (χ1) is 9.95. The number of hydrogen-bond acceptors (Lipinski definition) is 2. The number of nitrogens with two attached hydrogens (primary N) is 1. The van der Waals surface area contributed by atoms with Gasteiger partial charge in [0.2, 0.25) is 0 Å². The van der Waals surface area contributed by atoms with Crippen LogP contribution in [0.3, 0.4) is 0 Å². The summed E-state index contributed by atoms with van der Waals surface area (Å²) in [6.07, 6.45) is 0.867. The van der Waals surface area contributed by atoms with Crippen molar-refractivity contribution in [2.24, 2.45) is 11.1 Å². The molecule has 2 N–H and O–H groups in total. The van der Waals surface area contributed by atoms with Crippen LogP contribution in [0, 0.1) is 5.41 Å². The standard InChI is InChI=1S/C19H25NO/c1-19(2,3)18(20)13-16-10-7-11-17(12-16)21-14-15-8-5-4-6-9-15/h4-12,18H,13-14,20H2,1-3H3. The second kappa shape index (κ2) is 6.77. The molecular formula is C19H25NO. The smallest absolute Gasteiger partial charge is 0.120 e. The van der Waals surface area contributed by atoms with Crippen LogP contribution in [0.5, 0.6) is 5.75 Å². The second-order valence-electron chi connectivity index (χ2n) is 6.60. The molecule has 1 atom stereocenters. The summed E-state index contributed by atoms with van der Waals surface area (Å²) in [6.45, 7) is 7.11. The Balaban J connectivity index is 1.98. The SMILES string of the molecule is CC(C)(C)C(N)Cc1cccc(OCc2ccccc2)c1. The van der Waals surface area contributed by atoms with E-state index in [9.17, 15) is 0 Å². The number of hydrogen-bond donors (Lipinski definition) is 1. The van der Waals surface area contributed by atoms with Gasteiger partial charge in [0.15, 0.2) is 0 Å². The molecule has 0 saturated carbocycles. The Hall–Kier alpha value is -1.80. The van der Waals surface area contributed by atoms with Gasteiger partial charge in [0.05, 0.1) is 0 Å². The molecule has 0 saturated heterocycles. The van der Waals surface area contributed by atoms with Crippen molar-refractivity contribution in [1.29, 1.82) is 0 Å². The van der Waals surface area contributed by atoms with E-state index in [0.717, 1.165) is 12.2 Å². The highest BCUT2D eigenvalue weighted by Crippen LogP contribution is 2.22. The Labute approximate surface area is 127 Å². The van der Waals surface area contributed by atoms with Crippen LogP contribution in [0.1, 0.15) is 31.9 Å². The van der Waals surface area contributed by atoms with Gasteiger partial charge in [0, 0.05) is 6.04 Å². The molecule has 0 fully saturated rings. The van der Waals surface area contributed by atoms with Gasteiger partial charge in [-0.2, -0.15) is 0 Å². The molecule has 2 nitrogen and oxygen atoms in total. The average Bonchev–Trinajstić information content (AvgIpc) is 2.46. The van der Waals surface area contributed by atoms with E-state index in [0.29, 0.717) is 6.61 Å². The van der Waals surface area contributed by atoms with Crippen molar-refractivity contribution < 1.29 is 4.74 Å². The van der Waals surface area contributed by atoms with Crippen LogP contribution >= 0.6 is 0 Å². The van der Waals surface area contributed by atoms with E-state index >= 15 is 0 Å². The first-order valence-electron chi connectivity index (χ1n) is 7.46. The van der Waals surface area contributed by atoms with E-state index in [2.05, 4.69) is 45.0 Å². The molecule has 112 valence electrons. The van der Waals surface area contributed by atoms with Crippen LogP contribution < -0.4 is 10.5 Å². The zero-order valence-electron chi connectivity index (χ0n) is 13.2. The van der Waals surface area contributed by atoms with Crippen LogP contribution in [0.2, 0.25) is 0 Å². The second-order valence-corrected chi connectivity index (χ2v) is 6.60. The van der Waals surface area contributed by atoms with Crippen molar-refractivity contribution in [2.75, 3.05) is 0 Å². The summed E-state index contributed by atoms with van der Waals surface area (Å²) in [4.78, 5) is 0. The number of ether oxygens (including phenoxy) is 1. The molecule has 21 heavy (non-hydrogen) atoms. The third-order valence-corrected chi connectivity index (χ3v) is 3.71. The lowest BCUT2D eigenvalue weighted by atomic mass is 9.84. The highest BCUT2D eigenvalue weighted by molar-refractivity contribution is 5.29. The zero-order valence-corrected chi connectivity index (χ0v) is 13.2.